The molecule has 0 saturated heterocycles. The average Bonchev–Trinajstić information content (AvgIpc) is 3.03. The van der Waals surface area contributed by atoms with E-state index in [2.05, 4.69) is 55.4 Å². The third-order valence-corrected chi connectivity index (χ3v) is 7.17. The molecule has 0 heterocycles. The molecule has 1 rings (SSSR count). The van der Waals surface area contributed by atoms with Crippen molar-refractivity contribution in [3.63, 3.8) is 0 Å². The summed E-state index contributed by atoms with van der Waals surface area (Å²) in [5.41, 5.74) is 0. The minimum absolute atomic E-state index is 0. The van der Waals surface area contributed by atoms with Crippen molar-refractivity contribution in [2.24, 2.45) is 0 Å². The first kappa shape index (κ1) is 53.4. The van der Waals surface area contributed by atoms with E-state index in [9.17, 15) is 0 Å². The van der Waals surface area contributed by atoms with E-state index in [0.29, 0.717) is 5.75 Å². The van der Waals surface area contributed by atoms with Crippen molar-refractivity contribution in [3.8, 4) is 5.75 Å². The van der Waals surface area contributed by atoms with Gasteiger partial charge in [-0.05, 0) is 12.1 Å². The smallest absolute Gasteiger partial charge is 0.508 e. The van der Waals surface area contributed by atoms with Crippen molar-refractivity contribution < 1.29 is 31.3 Å². The molecular formula is C42H82OZr. The van der Waals surface area contributed by atoms with Crippen LogP contribution in [-0.4, -0.2) is 5.11 Å². The van der Waals surface area contributed by atoms with Crippen molar-refractivity contribution in [1.29, 1.82) is 0 Å². The quantitative estimate of drug-likeness (QED) is 0.0844. The minimum Gasteiger partial charge on any atom is -0.508 e. The van der Waals surface area contributed by atoms with Crippen LogP contribution in [0, 0.1) is 27.7 Å². The molecule has 0 fully saturated rings. The predicted molar refractivity (Wildman–Crippen MR) is 202 cm³/mol. The fourth-order valence-electron chi connectivity index (χ4n) is 4.26. The van der Waals surface area contributed by atoms with Gasteiger partial charge < -0.3 is 32.8 Å². The van der Waals surface area contributed by atoms with Gasteiger partial charge in [-0.3, -0.25) is 0 Å². The molecule has 44 heavy (non-hydrogen) atoms. The van der Waals surface area contributed by atoms with Crippen LogP contribution < -0.4 is 0 Å². The molecular weight excluding hydrogens is 612 g/mol. The van der Waals surface area contributed by atoms with Gasteiger partial charge in [-0.25, -0.2) is 0 Å². The first-order chi connectivity index (χ1) is 21.1. The van der Waals surface area contributed by atoms with E-state index in [1.165, 1.54) is 154 Å². The van der Waals surface area contributed by atoms with Gasteiger partial charge in [-0.2, -0.15) is 25.7 Å². The van der Waals surface area contributed by atoms with Crippen LogP contribution in [0.15, 0.2) is 30.3 Å². The Kier molecular flexibility index (Phi) is 70.9. The second kappa shape index (κ2) is 58.4. The Balaban J connectivity index is -0.000000143. The van der Waals surface area contributed by atoms with E-state index >= 15 is 0 Å². The molecule has 1 N–H and O–H groups in total. The Morgan fingerprint density at radius 1 is 0.364 bits per heavy atom. The zero-order chi connectivity index (χ0) is 32.9. The molecule has 0 aliphatic rings. The molecule has 260 valence electrons. The number of unbranched alkanes of at least 4 members (excludes halogenated alkanes) is 24. The summed E-state index contributed by atoms with van der Waals surface area (Å²) in [6, 6.07) is 8.71. The number of phenolic OH excluding ortho intramolecular Hbond substituents is 1. The summed E-state index contributed by atoms with van der Waals surface area (Å²) in [6.07, 6.45) is 37.8. The average molecular weight is 694 g/mol. The molecule has 0 aliphatic carbocycles. The molecule has 0 aliphatic heterocycles. The van der Waals surface area contributed by atoms with E-state index in [-0.39, 0.29) is 26.2 Å². The largest absolute Gasteiger partial charge is 4.00 e. The van der Waals surface area contributed by atoms with Crippen LogP contribution in [0.5, 0.6) is 5.75 Å². The summed E-state index contributed by atoms with van der Waals surface area (Å²) < 4.78 is 0. The molecule has 0 spiro atoms. The van der Waals surface area contributed by atoms with Crippen LogP contribution in [0.4, 0.5) is 0 Å². The maximum Gasteiger partial charge on any atom is 4.00 e. The van der Waals surface area contributed by atoms with Gasteiger partial charge in [0.05, 0.1) is 0 Å². The normalized spacial score (nSPS) is 9.55. The minimum atomic E-state index is 0. The van der Waals surface area contributed by atoms with Gasteiger partial charge in [0.25, 0.3) is 0 Å². The fraction of sp³-hybridized carbons (Fsp3) is 0.762. The van der Waals surface area contributed by atoms with Gasteiger partial charge >= 0.3 is 26.2 Å². The molecule has 2 heteroatoms. The van der Waals surface area contributed by atoms with Gasteiger partial charge in [0, 0.05) is 0 Å². The number of hydrogen-bond acceptors (Lipinski definition) is 1. The molecule has 0 unspecified atom stereocenters. The van der Waals surface area contributed by atoms with Crippen LogP contribution in [0.25, 0.3) is 0 Å². The molecule has 0 amide bonds. The topological polar surface area (TPSA) is 20.2 Å². The Morgan fingerprint density at radius 3 is 0.727 bits per heavy atom. The number of phenols is 1. The maximum atomic E-state index is 8.63. The Bertz CT molecular complexity index is 424. The third-order valence-electron chi connectivity index (χ3n) is 7.17. The van der Waals surface area contributed by atoms with E-state index in [0.717, 1.165) is 25.7 Å². The first-order valence-corrected chi connectivity index (χ1v) is 19.0. The molecule has 1 aromatic rings. The summed E-state index contributed by atoms with van der Waals surface area (Å²) in [4.78, 5) is 0. The number of rotatable bonds is 24. The van der Waals surface area contributed by atoms with Crippen molar-refractivity contribution in [2.45, 2.75) is 207 Å². The number of benzene rings is 1. The van der Waals surface area contributed by atoms with Crippen LogP contribution in [-0.2, 0) is 26.2 Å². The summed E-state index contributed by atoms with van der Waals surface area (Å²) in [5.74, 6) is 0.322. The molecule has 1 nitrogen and oxygen atoms in total. The van der Waals surface area contributed by atoms with Gasteiger partial charge in [0.15, 0.2) is 0 Å². The molecule has 0 saturated carbocycles. The van der Waals surface area contributed by atoms with Crippen LogP contribution in [0.1, 0.15) is 207 Å². The molecule has 1 aromatic carbocycles. The molecule has 0 atom stereocenters. The second-order valence-electron chi connectivity index (χ2n) is 11.8. The van der Waals surface area contributed by atoms with Crippen molar-refractivity contribution >= 4 is 0 Å². The predicted octanol–water partition coefficient (Wildman–Crippen LogP) is 15.7. The van der Waals surface area contributed by atoms with Crippen LogP contribution >= 0.6 is 0 Å². The van der Waals surface area contributed by atoms with Crippen LogP contribution in [0.3, 0.4) is 0 Å². The molecule has 0 radical (unpaired) electrons. The fourth-order valence-corrected chi connectivity index (χ4v) is 4.26. The summed E-state index contributed by atoms with van der Waals surface area (Å²) >= 11 is 0. The summed E-state index contributed by atoms with van der Waals surface area (Å²) in [5, 5.41) is 8.63. The number of para-hydroxylation sites is 1. The Morgan fingerprint density at radius 2 is 0.568 bits per heavy atom. The van der Waals surface area contributed by atoms with Gasteiger partial charge in [-0.1, -0.05) is 200 Å². The van der Waals surface area contributed by atoms with Gasteiger partial charge in [0.2, 0.25) is 0 Å². The van der Waals surface area contributed by atoms with Crippen molar-refractivity contribution in [1.82, 2.24) is 0 Å². The van der Waals surface area contributed by atoms with Crippen LogP contribution in [0.2, 0.25) is 0 Å². The van der Waals surface area contributed by atoms with E-state index in [1.807, 2.05) is 6.07 Å². The molecule has 0 aromatic heterocycles. The maximum absolute atomic E-state index is 8.63. The van der Waals surface area contributed by atoms with Gasteiger partial charge in [0.1, 0.15) is 5.75 Å². The van der Waals surface area contributed by atoms with Crippen molar-refractivity contribution in [3.05, 3.63) is 58.0 Å². The zero-order valence-electron chi connectivity index (χ0n) is 31.0. The summed E-state index contributed by atoms with van der Waals surface area (Å²) in [7, 11) is 0. The zero-order valence-corrected chi connectivity index (χ0v) is 33.4. The third kappa shape index (κ3) is 68.9. The first-order valence-electron chi connectivity index (χ1n) is 19.0. The standard InChI is InChI=1S/4C9H19.C6H6O.Zr/c4*1-3-5-7-9-8-6-4-2;7-6-4-2-1-3-5-6;/h4*1,3-9H2,2H3;1-5,7H;/q4*-1;;+4. The van der Waals surface area contributed by atoms with Crippen molar-refractivity contribution in [2.75, 3.05) is 0 Å². The Labute approximate surface area is 301 Å². The van der Waals surface area contributed by atoms with E-state index in [1.54, 1.807) is 24.3 Å². The Hall–Kier alpha value is -0.0969. The van der Waals surface area contributed by atoms with E-state index < -0.39 is 0 Å². The van der Waals surface area contributed by atoms with Gasteiger partial charge in [-0.15, -0.1) is 0 Å². The molecule has 0 bridgehead atoms. The number of hydrogen-bond donors (Lipinski definition) is 1. The van der Waals surface area contributed by atoms with E-state index in [4.69, 9.17) is 5.11 Å². The SMILES string of the molecule is Oc1ccccc1.[CH2-]CCCCCCCC.[CH2-]CCCCCCCC.[CH2-]CCCCCCCC.[CH2-]CCCCCCCC.[Zr+4]. The monoisotopic (exact) mass is 693 g/mol. The number of aromatic hydroxyl groups is 1. The summed E-state index contributed by atoms with van der Waals surface area (Å²) in [6.45, 7) is 24.2. The second-order valence-corrected chi connectivity index (χ2v) is 11.8.